The molecule has 11 heteroatoms. The summed E-state index contributed by atoms with van der Waals surface area (Å²) in [6, 6.07) is 14.7. The summed E-state index contributed by atoms with van der Waals surface area (Å²) in [5, 5.41) is 12.5. The summed E-state index contributed by atoms with van der Waals surface area (Å²) in [6.45, 7) is 5.59. The number of aromatic nitrogens is 5. The quantitative estimate of drug-likeness (QED) is 0.341. The number of nitrogens with one attached hydrogen (secondary N) is 1. The van der Waals surface area contributed by atoms with Crippen LogP contribution in [-0.2, 0) is 18.9 Å². The number of halogens is 1. The predicted molar refractivity (Wildman–Crippen MR) is 141 cm³/mol. The number of nitrogens with zero attached hydrogens (tertiary/aromatic N) is 5. The number of hydrogen-bond acceptors (Lipinski definition) is 6. The molecule has 0 aliphatic rings. The fraction of sp³-hybridized carbons (Fsp3) is 0.280. The van der Waals surface area contributed by atoms with E-state index in [0.29, 0.717) is 27.4 Å². The number of rotatable bonds is 8. The van der Waals surface area contributed by atoms with Gasteiger partial charge in [0.15, 0.2) is 17.1 Å². The number of benzene rings is 2. The Hall–Kier alpha value is -3.50. The average Bonchev–Trinajstić information content (AvgIpc) is 3.32. The third-order valence-corrected chi connectivity index (χ3v) is 7.27. The fourth-order valence-electron chi connectivity index (χ4n) is 3.77. The van der Waals surface area contributed by atoms with Crippen molar-refractivity contribution in [3.63, 3.8) is 0 Å². The number of thioether (sulfide) groups is 1. The Balaban J connectivity index is 1.42. The van der Waals surface area contributed by atoms with Crippen molar-refractivity contribution in [3.8, 4) is 11.4 Å². The Kier molecular flexibility index (Phi) is 7.56. The van der Waals surface area contributed by atoms with Crippen molar-refractivity contribution >= 4 is 35.0 Å². The van der Waals surface area contributed by atoms with Gasteiger partial charge in [0.05, 0.1) is 17.1 Å². The molecule has 4 rings (SSSR count). The lowest BCUT2D eigenvalue weighted by Crippen LogP contribution is -2.23. The Bertz CT molecular complexity index is 1460. The monoisotopic (exact) mass is 526 g/mol. The molecule has 1 unspecified atom stereocenters. The Morgan fingerprint density at radius 3 is 2.56 bits per heavy atom. The van der Waals surface area contributed by atoms with E-state index in [-0.39, 0.29) is 29.0 Å². The van der Waals surface area contributed by atoms with Crippen molar-refractivity contribution in [2.45, 2.75) is 32.0 Å². The molecule has 0 saturated carbocycles. The number of para-hydroxylation sites is 1. The average molecular weight is 527 g/mol. The van der Waals surface area contributed by atoms with E-state index in [1.165, 1.54) is 16.4 Å². The third-order valence-electron chi connectivity index (χ3n) is 5.83. The Morgan fingerprint density at radius 1 is 1.14 bits per heavy atom. The van der Waals surface area contributed by atoms with E-state index in [2.05, 4.69) is 15.5 Å². The normalized spacial score (nSPS) is 11.9. The van der Waals surface area contributed by atoms with E-state index in [4.69, 9.17) is 16.3 Å². The molecule has 0 saturated heterocycles. The maximum atomic E-state index is 13.0. The summed E-state index contributed by atoms with van der Waals surface area (Å²) in [5.74, 6) is 1.06. The Morgan fingerprint density at radius 2 is 1.86 bits per heavy atom. The molecule has 0 aliphatic heterocycles. The molecule has 1 amide bonds. The van der Waals surface area contributed by atoms with Gasteiger partial charge in [-0.2, -0.15) is 0 Å². The van der Waals surface area contributed by atoms with E-state index < -0.39 is 0 Å². The van der Waals surface area contributed by atoms with Crippen LogP contribution in [-0.4, -0.2) is 35.8 Å². The number of hydrogen-bond donors (Lipinski definition) is 1. The molecule has 1 N–H and O–H groups in total. The fourth-order valence-corrected chi connectivity index (χ4v) is 4.61. The molecule has 2 heterocycles. The topological polar surface area (TPSA) is 96.0 Å². The largest absolute Gasteiger partial charge is 0.483 e. The molecule has 36 heavy (non-hydrogen) atoms. The number of amides is 1. The first-order chi connectivity index (χ1) is 17.2. The van der Waals surface area contributed by atoms with Gasteiger partial charge in [0.1, 0.15) is 11.4 Å². The van der Waals surface area contributed by atoms with Crippen LogP contribution in [0, 0.1) is 13.8 Å². The molecular formula is C25H27ClN6O3S. The summed E-state index contributed by atoms with van der Waals surface area (Å²) in [5.41, 5.74) is 2.27. The van der Waals surface area contributed by atoms with Crippen LogP contribution in [0.25, 0.3) is 5.69 Å². The van der Waals surface area contributed by atoms with Crippen LogP contribution in [0.4, 0.5) is 5.69 Å². The number of ether oxygens (including phenoxy) is 1. The van der Waals surface area contributed by atoms with E-state index in [9.17, 15) is 9.59 Å². The van der Waals surface area contributed by atoms with Crippen LogP contribution in [0.15, 0.2) is 58.5 Å². The molecule has 1 atom stereocenters. The second-order valence-electron chi connectivity index (χ2n) is 8.34. The highest BCUT2D eigenvalue weighted by Gasteiger charge is 2.21. The highest BCUT2D eigenvalue weighted by Crippen LogP contribution is 2.27. The molecule has 0 fully saturated rings. The van der Waals surface area contributed by atoms with Gasteiger partial charge in [-0.1, -0.05) is 41.6 Å². The molecule has 0 aliphatic carbocycles. The second-order valence-corrected chi connectivity index (χ2v) is 9.69. The Labute approximate surface area is 218 Å². The molecule has 2 aromatic heterocycles. The van der Waals surface area contributed by atoms with Crippen LogP contribution in [0.3, 0.4) is 0 Å². The lowest BCUT2D eigenvalue weighted by Gasteiger charge is -2.15. The van der Waals surface area contributed by atoms with Gasteiger partial charge in [-0.15, -0.1) is 10.2 Å². The van der Waals surface area contributed by atoms with E-state index in [0.717, 1.165) is 11.3 Å². The van der Waals surface area contributed by atoms with Crippen LogP contribution >= 0.6 is 23.4 Å². The van der Waals surface area contributed by atoms with Crippen LogP contribution in [0.5, 0.6) is 5.75 Å². The molecule has 0 bridgehead atoms. The standard InChI is InChI=1S/C25H27ClN6O3S/c1-15-13-19(11-12-20(15)26)35-17(3)23-28-29-25(30(23)4)36-14-21(33)27-22-16(2)31(5)32(24(22)34)18-9-7-6-8-10-18/h6-13,17H,14H2,1-5H3,(H,27,33). The molecule has 0 radical (unpaired) electrons. The first-order valence-corrected chi connectivity index (χ1v) is 12.6. The number of anilines is 1. The predicted octanol–water partition coefficient (Wildman–Crippen LogP) is 4.45. The van der Waals surface area contributed by atoms with Crippen molar-refractivity contribution < 1.29 is 9.53 Å². The number of carbonyl (C=O) groups excluding carboxylic acids is 1. The van der Waals surface area contributed by atoms with Crippen molar-refractivity contribution in [2.24, 2.45) is 14.1 Å². The number of carbonyl (C=O) groups is 1. The van der Waals surface area contributed by atoms with Crippen LogP contribution < -0.4 is 15.6 Å². The molecule has 9 nitrogen and oxygen atoms in total. The van der Waals surface area contributed by atoms with Gasteiger partial charge in [-0.3, -0.25) is 14.3 Å². The third kappa shape index (κ3) is 5.19. The van der Waals surface area contributed by atoms with E-state index in [1.54, 1.807) is 35.4 Å². The zero-order valence-corrected chi connectivity index (χ0v) is 22.2. The lowest BCUT2D eigenvalue weighted by atomic mass is 10.2. The van der Waals surface area contributed by atoms with Gasteiger partial charge in [0, 0.05) is 19.1 Å². The zero-order chi connectivity index (χ0) is 26.0. The highest BCUT2D eigenvalue weighted by atomic mass is 35.5. The molecule has 4 aromatic rings. The summed E-state index contributed by atoms with van der Waals surface area (Å²) in [4.78, 5) is 25.7. The first-order valence-electron chi connectivity index (χ1n) is 11.3. The molecule has 188 valence electrons. The maximum Gasteiger partial charge on any atom is 0.295 e. The lowest BCUT2D eigenvalue weighted by molar-refractivity contribution is -0.113. The van der Waals surface area contributed by atoms with Gasteiger partial charge in [0.25, 0.3) is 5.56 Å². The summed E-state index contributed by atoms with van der Waals surface area (Å²) >= 11 is 7.32. The minimum Gasteiger partial charge on any atom is -0.483 e. The van der Waals surface area contributed by atoms with E-state index >= 15 is 0 Å². The van der Waals surface area contributed by atoms with Gasteiger partial charge in [-0.05, 0) is 56.7 Å². The van der Waals surface area contributed by atoms with Crippen molar-refractivity contribution in [3.05, 3.63) is 81.0 Å². The van der Waals surface area contributed by atoms with Gasteiger partial charge >= 0.3 is 0 Å². The smallest absolute Gasteiger partial charge is 0.295 e. The van der Waals surface area contributed by atoms with Crippen molar-refractivity contribution in [2.75, 3.05) is 11.1 Å². The highest BCUT2D eigenvalue weighted by molar-refractivity contribution is 7.99. The van der Waals surface area contributed by atoms with Crippen molar-refractivity contribution in [1.82, 2.24) is 24.1 Å². The SMILES string of the molecule is Cc1cc(OC(C)c2nnc(SCC(=O)Nc3c(C)n(C)n(-c4ccccc4)c3=O)n2C)ccc1Cl. The molecule has 0 spiro atoms. The number of aryl methyl sites for hydroxylation is 1. The minimum absolute atomic E-state index is 0.0662. The second kappa shape index (κ2) is 10.6. The first kappa shape index (κ1) is 25.6. The maximum absolute atomic E-state index is 13.0. The summed E-state index contributed by atoms with van der Waals surface area (Å²) in [7, 11) is 3.60. The molecule has 2 aromatic carbocycles. The zero-order valence-electron chi connectivity index (χ0n) is 20.7. The van der Waals surface area contributed by atoms with Gasteiger partial charge in [0.2, 0.25) is 5.91 Å². The van der Waals surface area contributed by atoms with Crippen LogP contribution in [0.2, 0.25) is 5.02 Å². The summed E-state index contributed by atoms with van der Waals surface area (Å²) in [6.07, 6.45) is -0.366. The van der Waals surface area contributed by atoms with Gasteiger partial charge < -0.3 is 14.6 Å². The van der Waals surface area contributed by atoms with Crippen LogP contribution in [0.1, 0.15) is 30.1 Å². The van der Waals surface area contributed by atoms with Crippen molar-refractivity contribution in [1.29, 1.82) is 0 Å². The summed E-state index contributed by atoms with van der Waals surface area (Å²) < 4.78 is 11.0. The van der Waals surface area contributed by atoms with E-state index in [1.807, 2.05) is 57.3 Å². The van der Waals surface area contributed by atoms with Gasteiger partial charge in [-0.25, -0.2) is 4.68 Å². The minimum atomic E-state index is -0.366. The molecular weight excluding hydrogens is 500 g/mol.